The van der Waals surface area contributed by atoms with Crippen molar-refractivity contribution >= 4 is 11.6 Å². The van der Waals surface area contributed by atoms with Crippen LogP contribution in [0, 0.1) is 0 Å². The molecule has 30 heavy (non-hydrogen) atoms. The number of anilines is 1. The Morgan fingerprint density at radius 3 is 2.77 bits per heavy atom. The maximum atomic E-state index is 13.9. The average molecular weight is 401 g/mol. The summed E-state index contributed by atoms with van der Waals surface area (Å²) in [5.41, 5.74) is 3.92. The molecule has 0 saturated carbocycles. The predicted octanol–water partition coefficient (Wildman–Crippen LogP) is 2.65. The van der Waals surface area contributed by atoms with E-state index in [9.17, 15) is 4.79 Å². The quantitative estimate of drug-likeness (QED) is 0.672. The highest BCUT2D eigenvalue weighted by molar-refractivity contribution is 6.11. The Morgan fingerprint density at radius 2 is 1.93 bits per heavy atom. The van der Waals surface area contributed by atoms with Crippen molar-refractivity contribution in [2.75, 3.05) is 25.2 Å². The monoisotopic (exact) mass is 401 g/mol. The van der Waals surface area contributed by atoms with Gasteiger partial charge in [-0.15, -0.1) is 0 Å². The van der Waals surface area contributed by atoms with E-state index in [2.05, 4.69) is 16.0 Å². The van der Waals surface area contributed by atoms with Gasteiger partial charge >= 0.3 is 6.01 Å². The minimum absolute atomic E-state index is 0.0112. The number of rotatable bonds is 3. The van der Waals surface area contributed by atoms with Gasteiger partial charge in [0, 0.05) is 41.7 Å². The van der Waals surface area contributed by atoms with Crippen LogP contribution in [0.2, 0.25) is 0 Å². The van der Waals surface area contributed by atoms with Gasteiger partial charge in [0.05, 0.1) is 20.3 Å². The van der Waals surface area contributed by atoms with Crippen LogP contribution in [0.1, 0.15) is 22.3 Å². The molecule has 0 aliphatic carbocycles. The number of nitrogens with zero attached hydrogens (tertiary/aromatic N) is 3. The molecule has 3 aliphatic heterocycles. The van der Waals surface area contributed by atoms with Crippen LogP contribution in [0.25, 0.3) is 0 Å². The van der Waals surface area contributed by atoms with E-state index in [4.69, 9.17) is 14.2 Å². The third kappa shape index (κ3) is 2.23. The first kappa shape index (κ1) is 17.3. The maximum absolute atomic E-state index is 13.9. The van der Waals surface area contributed by atoms with Crippen LogP contribution in [0.15, 0.2) is 48.8 Å². The number of aromatic nitrogens is 2. The van der Waals surface area contributed by atoms with Crippen LogP contribution in [-0.2, 0) is 23.2 Å². The standard InChI is InChI=1S/C23H19N3O4/c1-28-22-24-10-14(11-25-22)12-26-18-5-3-2-4-16(18)23(21(26)27)13-30-20-9-19-15(6-7-29-19)8-17(20)23/h2-5,8-11H,6-7,12-13H2,1H3. The van der Waals surface area contributed by atoms with Gasteiger partial charge in [-0.2, -0.15) is 0 Å². The summed E-state index contributed by atoms with van der Waals surface area (Å²) in [4.78, 5) is 24.1. The van der Waals surface area contributed by atoms with Crippen molar-refractivity contribution in [3.63, 3.8) is 0 Å². The van der Waals surface area contributed by atoms with Crippen molar-refractivity contribution < 1.29 is 19.0 Å². The zero-order valence-corrected chi connectivity index (χ0v) is 16.4. The third-order valence-corrected chi connectivity index (χ3v) is 6.17. The summed E-state index contributed by atoms with van der Waals surface area (Å²) in [5, 5.41) is 0. The third-order valence-electron chi connectivity index (χ3n) is 6.17. The molecule has 7 heteroatoms. The molecule has 3 aliphatic rings. The van der Waals surface area contributed by atoms with Gasteiger partial charge in [-0.25, -0.2) is 9.97 Å². The summed E-state index contributed by atoms with van der Waals surface area (Å²) >= 11 is 0. The average Bonchev–Trinajstić information content (AvgIpc) is 3.46. The first-order valence-corrected chi connectivity index (χ1v) is 9.90. The fourth-order valence-corrected chi connectivity index (χ4v) is 4.72. The Labute approximate surface area is 173 Å². The highest BCUT2D eigenvalue weighted by atomic mass is 16.5. The van der Waals surface area contributed by atoms with Crippen LogP contribution >= 0.6 is 0 Å². The summed E-state index contributed by atoms with van der Waals surface area (Å²) in [6.45, 7) is 1.33. The zero-order chi connectivity index (χ0) is 20.3. The lowest BCUT2D eigenvalue weighted by atomic mass is 9.76. The van der Waals surface area contributed by atoms with E-state index in [-0.39, 0.29) is 12.5 Å². The number of para-hydroxylation sites is 1. The molecule has 0 bridgehead atoms. The minimum Gasteiger partial charge on any atom is -0.493 e. The Morgan fingerprint density at radius 1 is 1.10 bits per heavy atom. The molecule has 3 aromatic rings. The molecule has 2 aromatic carbocycles. The molecule has 1 atom stereocenters. The summed E-state index contributed by atoms with van der Waals surface area (Å²) in [5.74, 6) is 1.60. The Balaban J connectivity index is 1.46. The first-order valence-electron chi connectivity index (χ1n) is 9.90. The highest BCUT2D eigenvalue weighted by Gasteiger charge is 2.57. The number of amides is 1. The van der Waals surface area contributed by atoms with Gasteiger partial charge in [-0.05, 0) is 23.3 Å². The van der Waals surface area contributed by atoms with Crippen molar-refractivity contribution in [2.24, 2.45) is 0 Å². The number of methoxy groups -OCH3 is 1. The van der Waals surface area contributed by atoms with Crippen molar-refractivity contribution in [2.45, 2.75) is 18.4 Å². The molecule has 1 aromatic heterocycles. The van der Waals surface area contributed by atoms with Crippen molar-refractivity contribution in [3.8, 4) is 17.5 Å². The molecular formula is C23H19N3O4. The number of ether oxygens (including phenoxy) is 3. The molecule has 1 unspecified atom stereocenters. The summed E-state index contributed by atoms with van der Waals surface area (Å²) in [6, 6.07) is 12.3. The fourth-order valence-electron chi connectivity index (χ4n) is 4.72. The van der Waals surface area contributed by atoms with E-state index in [1.165, 1.54) is 7.11 Å². The molecule has 4 heterocycles. The molecular weight excluding hydrogens is 382 g/mol. The molecule has 7 nitrogen and oxygen atoms in total. The van der Waals surface area contributed by atoms with Crippen molar-refractivity contribution in [3.05, 3.63) is 71.0 Å². The second-order valence-corrected chi connectivity index (χ2v) is 7.74. The van der Waals surface area contributed by atoms with E-state index in [1.807, 2.05) is 35.2 Å². The van der Waals surface area contributed by atoms with E-state index < -0.39 is 5.41 Å². The van der Waals surface area contributed by atoms with Crippen LogP contribution in [0.5, 0.6) is 17.5 Å². The summed E-state index contributed by atoms with van der Waals surface area (Å²) in [7, 11) is 1.53. The molecule has 150 valence electrons. The van der Waals surface area contributed by atoms with E-state index >= 15 is 0 Å². The predicted molar refractivity (Wildman–Crippen MR) is 108 cm³/mol. The number of carbonyl (C=O) groups is 1. The SMILES string of the molecule is COc1ncc(CN2C(=O)C3(COc4cc5c(cc43)CCO5)c3ccccc32)cn1. The summed E-state index contributed by atoms with van der Waals surface area (Å²) in [6.07, 6.45) is 4.23. The van der Waals surface area contributed by atoms with E-state index in [0.29, 0.717) is 19.2 Å². The number of hydrogen-bond acceptors (Lipinski definition) is 6. The topological polar surface area (TPSA) is 73.8 Å². The first-order chi connectivity index (χ1) is 14.7. The molecule has 0 fully saturated rings. The second-order valence-electron chi connectivity index (χ2n) is 7.74. The van der Waals surface area contributed by atoms with Gasteiger partial charge in [0.2, 0.25) is 5.91 Å². The number of benzene rings is 2. The van der Waals surface area contributed by atoms with Crippen LogP contribution in [0.3, 0.4) is 0 Å². The van der Waals surface area contributed by atoms with Gasteiger partial charge in [-0.1, -0.05) is 18.2 Å². The highest BCUT2D eigenvalue weighted by Crippen LogP contribution is 2.54. The largest absolute Gasteiger partial charge is 0.493 e. The number of hydrogen-bond donors (Lipinski definition) is 0. The Hall–Kier alpha value is -3.61. The van der Waals surface area contributed by atoms with Crippen LogP contribution < -0.4 is 19.1 Å². The van der Waals surface area contributed by atoms with Gasteiger partial charge in [0.25, 0.3) is 0 Å². The molecule has 1 amide bonds. The maximum Gasteiger partial charge on any atom is 0.316 e. The lowest BCUT2D eigenvalue weighted by molar-refractivity contribution is -0.122. The molecule has 0 radical (unpaired) electrons. The second kappa shape index (κ2) is 6.19. The Bertz CT molecular complexity index is 1180. The zero-order valence-electron chi connectivity index (χ0n) is 16.4. The van der Waals surface area contributed by atoms with Gasteiger partial charge in [-0.3, -0.25) is 4.79 Å². The lowest BCUT2D eigenvalue weighted by Crippen LogP contribution is -2.42. The minimum atomic E-state index is -0.836. The molecule has 0 saturated heterocycles. The van der Waals surface area contributed by atoms with Gasteiger partial charge in [0.15, 0.2) is 0 Å². The number of fused-ring (bicyclic) bond motifs is 5. The summed E-state index contributed by atoms with van der Waals surface area (Å²) < 4.78 is 16.8. The van der Waals surface area contributed by atoms with Gasteiger partial charge < -0.3 is 19.1 Å². The van der Waals surface area contributed by atoms with E-state index in [0.717, 1.165) is 45.9 Å². The molecule has 0 N–H and O–H groups in total. The molecule has 6 rings (SSSR count). The lowest BCUT2D eigenvalue weighted by Gasteiger charge is -2.23. The number of carbonyl (C=O) groups excluding carboxylic acids is 1. The fraction of sp³-hybridized carbons (Fsp3) is 0.261. The van der Waals surface area contributed by atoms with Crippen molar-refractivity contribution in [1.82, 2.24) is 9.97 Å². The van der Waals surface area contributed by atoms with Gasteiger partial charge in [0.1, 0.15) is 23.5 Å². The van der Waals surface area contributed by atoms with Crippen molar-refractivity contribution in [1.29, 1.82) is 0 Å². The van der Waals surface area contributed by atoms with Crippen LogP contribution in [-0.4, -0.2) is 36.2 Å². The molecule has 1 spiro atoms. The smallest absolute Gasteiger partial charge is 0.316 e. The van der Waals surface area contributed by atoms with E-state index in [1.54, 1.807) is 12.4 Å². The van der Waals surface area contributed by atoms with Crippen LogP contribution in [0.4, 0.5) is 5.69 Å². The Kier molecular flexibility index (Phi) is 3.56. The normalized spacial score (nSPS) is 20.6.